The summed E-state index contributed by atoms with van der Waals surface area (Å²) in [5, 5.41) is 3.95. The molecule has 9 nitrogen and oxygen atoms in total. The highest BCUT2D eigenvalue weighted by Crippen LogP contribution is 2.28. The molecule has 0 aliphatic carbocycles. The van der Waals surface area contributed by atoms with E-state index in [-0.39, 0.29) is 24.4 Å². The topological polar surface area (TPSA) is 95.0 Å². The summed E-state index contributed by atoms with van der Waals surface area (Å²) in [6.07, 6.45) is -2.58. The first-order valence-corrected chi connectivity index (χ1v) is 10.1. The molecule has 1 aliphatic heterocycles. The number of amides is 1. The maximum atomic E-state index is 13.0. The van der Waals surface area contributed by atoms with Gasteiger partial charge in [0, 0.05) is 33.1 Å². The average Bonchev–Trinajstić information content (AvgIpc) is 3.08. The van der Waals surface area contributed by atoms with Crippen LogP contribution in [0.25, 0.3) is 10.9 Å². The molecule has 1 saturated heterocycles. The highest BCUT2D eigenvalue weighted by Gasteiger charge is 2.39. The van der Waals surface area contributed by atoms with E-state index in [0.29, 0.717) is 41.4 Å². The SMILES string of the molecule is Cn1c(C(F)(F)F)nn(C2CCN(C(=O)CCn3cnc4ccccc4c3=O)CC2)c1=O. The minimum Gasteiger partial charge on any atom is -0.342 e. The van der Waals surface area contributed by atoms with E-state index in [1.165, 1.54) is 10.9 Å². The molecule has 1 fully saturated rings. The van der Waals surface area contributed by atoms with E-state index in [1.54, 1.807) is 29.2 Å². The summed E-state index contributed by atoms with van der Waals surface area (Å²) in [6.45, 7) is 0.752. The van der Waals surface area contributed by atoms with Gasteiger partial charge in [0.15, 0.2) is 0 Å². The number of benzene rings is 1. The van der Waals surface area contributed by atoms with E-state index in [1.807, 2.05) is 0 Å². The van der Waals surface area contributed by atoms with Gasteiger partial charge in [0.25, 0.3) is 5.56 Å². The zero-order chi connectivity index (χ0) is 23.0. The maximum Gasteiger partial charge on any atom is 0.451 e. The van der Waals surface area contributed by atoms with Crippen LogP contribution in [0.4, 0.5) is 13.2 Å². The minimum absolute atomic E-state index is 0.0896. The van der Waals surface area contributed by atoms with Crippen molar-refractivity contribution in [2.45, 2.75) is 38.0 Å². The standard InChI is InChI=1S/C20H21F3N6O3/c1-26-18(20(21,22)23)25-29(19(26)32)13-6-9-27(10-7-13)16(30)8-11-28-12-24-15-5-3-2-4-14(15)17(28)31/h2-5,12-13H,6-11H2,1H3. The number of aromatic nitrogens is 5. The Morgan fingerprint density at radius 2 is 1.84 bits per heavy atom. The second kappa shape index (κ2) is 8.24. The molecule has 2 aromatic heterocycles. The average molecular weight is 450 g/mol. The van der Waals surface area contributed by atoms with Gasteiger partial charge in [-0.2, -0.15) is 13.2 Å². The molecule has 4 rings (SSSR count). The van der Waals surface area contributed by atoms with E-state index in [9.17, 15) is 27.6 Å². The molecule has 0 bridgehead atoms. The van der Waals surface area contributed by atoms with Crippen molar-refractivity contribution in [2.75, 3.05) is 13.1 Å². The molecule has 3 heterocycles. The van der Waals surface area contributed by atoms with Crippen molar-refractivity contribution in [3.63, 3.8) is 0 Å². The minimum atomic E-state index is -4.72. The molecule has 1 aromatic carbocycles. The lowest BCUT2D eigenvalue weighted by atomic mass is 10.1. The number of halogens is 3. The molecule has 3 aromatic rings. The molecule has 0 unspecified atom stereocenters. The lowest BCUT2D eigenvalue weighted by molar-refractivity contribution is -0.147. The Balaban J connectivity index is 1.38. The Bertz CT molecular complexity index is 1270. The lowest BCUT2D eigenvalue weighted by Gasteiger charge is -2.31. The van der Waals surface area contributed by atoms with Crippen molar-refractivity contribution in [1.82, 2.24) is 28.8 Å². The Morgan fingerprint density at radius 3 is 2.50 bits per heavy atom. The first-order valence-electron chi connectivity index (χ1n) is 10.1. The van der Waals surface area contributed by atoms with Gasteiger partial charge >= 0.3 is 11.9 Å². The van der Waals surface area contributed by atoms with Gasteiger partial charge in [-0.3, -0.25) is 18.7 Å². The molecule has 1 amide bonds. The zero-order valence-electron chi connectivity index (χ0n) is 17.2. The second-order valence-corrected chi connectivity index (χ2v) is 7.73. The van der Waals surface area contributed by atoms with Crippen LogP contribution < -0.4 is 11.2 Å². The molecule has 0 atom stereocenters. The quantitative estimate of drug-likeness (QED) is 0.601. The van der Waals surface area contributed by atoms with Gasteiger partial charge in [0.1, 0.15) is 0 Å². The molecule has 12 heteroatoms. The number of hydrogen-bond acceptors (Lipinski definition) is 5. The first-order chi connectivity index (χ1) is 15.2. The van der Waals surface area contributed by atoms with Crippen molar-refractivity contribution < 1.29 is 18.0 Å². The van der Waals surface area contributed by atoms with Crippen molar-refractivity contribution in [1.29, 1.82) is 0 Å². The number of rotatable bonds is 4. The third kappa shape index (κ3) is 4.04. The number of para-hydroxylation sites is 1. The van der Waals surface area contributed by atoms with Gasteiger partial charge in [0.2, 0.25) is 11.7 Å². The van der Waals surface area contributed by atoms with E-state index in [2.05, 4.69) is 10.1 Å². The van der Waals surface area contributed by atoms with Gasteiger partial charge in [0.05, 0.1) is 23.3 Å². The summed E-state index contributed by atoms with van der Waals surface area (Å²) in [4.78, 5) is 43.1. The molecule has 0 spiro atoms. The highest BCUT2D eigenvalue weighted by molar-refractivity contribution is 5.77. The number of piperidine rings is 1. The fourth-order valence-electron chi connectivity index (χ4n) is 3.94. The summed E-state index contributed by atoms with van der Waals surface area (Å²) < 4.78 is 41.7. The predicted octanol–water partition coefficient (Wildman–Crippen LogP) is 1.56. The fourth-order valence-corrected chi connectivity index (χ4v) is 3.94. The van der Waals surface area contributed by atoms with Crippen molar-refractivity contribution in [3.05, 3.63) is 57.3 Å². The van der Waals surface area contributed by atoms with Crippen LogP contribution >= 0.6 is 0 Å². The fraction of sp³-hybridized carbons (Fsp3) is 0.450. The van der Waals surface area contributed by atoms with Crippen LogP contribution in [0.2, 0.25) is 0 Å². The summed E-state index contributed by atoms with van der Waals surface area (Å²) in [5.41, 5.74) is -0.469. The smallest absolute Gasteiger partial charge is 0.342 e. The predicted molar refractivity (Wildman–Crippen MR) is 108 cm³/mol. The normalized spacial score (nSPS) is 15.4. The third-order valence-corrected chi connectivity index (χ3v) is 5.72. The molecule has 170 valence electrons. The summed E-state index contributed by atoms with van der Waals surface area (Å²) in [5.74, 6) is -1.41. The Morgan fingerprint density at radius 1 is 1.16 bits per heavy atom. The van der Waals surface area contributed by atoms with Crippen LogP contribution in [0.15, 0.2) is 40.2 Å². The van der Waals surface area contributed by atoms with Gasteiger partial charge in [-0.15, -0.1) is 5.10 Å². The van der Waals surface area contributed by atoms with Crippen LogP contribution in [0.5, 0.6) is 0 Å². The summed E-state index contributed by atoms with van der Waals surface area (Å²) in [6, 6.07) is 6.43. The van der Waals surface area contributed by atoms with Crippen LogP contribution in [-0.4, -0.2) is 47.8 Å². The molecular weight excluding hydrogens is 429 g/mol. The Hall–Kier alpha value is -3.44. The number of carbonyl (C=O) groups is 1. The van der Waals surface area contributed by atoms with E-state index < -0.39 is 23.7 Å². The third-order valence-electron chi connectivity index (χ3n) is 5.72. The van der Waals surface area contributed by atoms with Crippen LogP contribution in [0.1, 0.15) is 31.1 Å². The largest absolute Gasteiger partial charge is 0.451 e. The van der Waals surface area contributed by atoms with E-state index in [4.69, 9.17) is 0 Å². The van der Waals surface area contributed by atoms with Crippen molar-refractivity contribution >= 4 is 16.8 Å². The van der Waals surface area contributed by atoms with E-state index in [0.717, 1.165) is 11.7 Å². The molecule has 1 aliphatic rings. The number of fused-ring (bicyclic) bond motifs is 1. The van der Waals surface area contributed by atoms with Gasteiger partial charge in [-0.25, -0.2) is 14.5 Å². The summed E-state index contributed by atoms with van der Waals surface area (Å²) >= 11 is 0. The molecule has 0 saturated carbocycles. The van der Waals surface area contributed by atoms with E-state index >= 15 is 0 Å². The van der Waals surface area contributed by atoms with Gasteiger partial charge in [-0.1, -0.05) is 12.1 Å². The molecule has 0 N–H and O–H groups in total. The molecular formula is C20H21F3N6O3. The Labute approximate surface area is 179 Å². The number of nitrogens with zero attached hydrogens (tertiary/aromatic N) is 6. The Kier molecular flexibility index (Phi) is 5.61. The van der Waals surface area contributed by atoms with Crippen molar-refractivity contribution in [2.24, 2.45) is 7.05 Å². The highest BCUT2D eigenvalue weighted by atomic mass is 19.4. The zero-order valence-corrected chi connectivity index (χ0v) is 17.2. The van der Waals surface area contributed by atoms with Crippen LogP contribution in [-0.2, 0) is 24.6 Å². The second-order valence-electron chi connectivity index (χ2n) is 7.73. The van der Waals surface area contributed by atoms with Gasteiger partial charge in [-0.05, 0) is 25.0 Å². The van der Waals surface area contributed by atoms with Crippen molar-refractivity contribution in [3.8, 4) is 0 Å². The monoisotopic (exact) mass is 450 g/mol. The number of alkyl halides is 3. The lowest BCUT2D eigenvalue weighted by Crippen LogP contribution is -2.41. The number of likely N-dealkylation sites (tertiary alicyclic amines) is 1. The first kappa shape index (κ1) is 21.8. The maximum absolute atomic E-state index is 13.0. The molecule has 32 heavy (non-hydrogen) atoms. The number of carbonyl (C=O) groups excluding carboxylic acids is 1. The number of aryl methyl sites for hydroxylation is 1. The number of hydrogen-bond donors (Lipinski definition) is 0. The van der Waals surface area contributed by atoms with Gasteiger partial charge < -0.3 is 4.90 Å². The van der Waals surface area contributed by atoms with Crippen LogP contribution in [0.3, 0.4) is 0 Å². The summed E-state index contributed by atoms with van der Waals surface area (Å²) in [7, 11) is 1.04. The molecule has 0 radical (unpaired) electrons. The van der Waals surface area contributed by atoms with Crippen LogP contribution in [0, 0.1) is 0 Å².